The summed E-state index contributed by atoms with van der Waals surface area (Å²) in [6.45, 7) is 11.1. The van der Waals surface area contributed by atoms with E-state index in [0.717, 1.165) is 113 Å². The lowest BCUT2D eigenvalue weighted by Crippen LogP contribution is -2.49. The van der Waals surface area contributed by atoms with Crippen LogP contribution in [0.1, 0.15) is 54.2 Å². The first-order chi connectivity index (χ1) is 20.4. The Morgan fingerprint density at radius 2 is 1.79 bits per heavy atom. The molecule has 1 unspecified atom stereocenters. The number of nitrogens with two attached hydrogens (primary N) is 1. The first kappa shape index (κ1) is 28.9. The summed E-state index contributed by atoms with van der Waals surface area (Å²) < 4.78 is 5.56. The van der Waals surface area contributed by atoms with Crippen LogP contribution in [-0.4, -0.2) is 88.3 Å². The van der Waals surface area contributed by atoms with Crippen molar-refractivity contribution in [2.45, 2.75) is 50.5 Å². The molecule has 1 atom stereocenters. The van der Waals surface area contributed by atoms with Crippen LogP contribution in [0, 0.1) is 16.7 Å². The summed E-state index contributed by atoms with van der Waals surface area (Å²) in [6, 6.07) is 9.17. The second kappa shape index (κ2) is 12.2. The maximum atomic E-state index is 13.9. The number of carbonyl (C=O) groups is 1. The van der Waals surface area contributed by atoms with Crippen molar-refractivity contribution in [2.75, 3.05) is 81.1 Å². The predicted octanol–water partition coefficient (Wildman–Crippen LogP) is 2.65. The molecule has 1 aromatic heterocycles. The quantitative estimate of drug-likeness (QED) is 0.309. The molecular formula is C31H42N8O2S. The minimum atomic E-state index is -0.903. The summed E-state index contributed by atoms with van der Waals surface area (Å²) in [5, 5.41) is 25.7. The second-order valence-corrected chi connectivity index (χ2v) is 13.2. The van der Waals surface area contributed by atoms with Crippen LogP contribution in [0.5, 0.6) is 0 Å². The molecule has 0 saturated carbocycles. The molecule has 4 heterocycles. The van der Waals surface area contributed by atoms with Gasteiger partial charge in [-0.25, -0.2) is 0 Å². The van der Waals surface area contributed by atoms with Gasteiger partial charge in [-0.3, -0.25) is 15.1 Å². The number of amides is 1. The number of thiophene rings is 1. The highest BCUT2D eigenvalue weighted by Gasteiger charge is 2.43. The zero-order valence-electron chi connectivity index (χ0n) is 24.5. The Labute approximate surface area is 252 Å². The average molecular weight is 591 g/mol. The minimum Gasteiger partial charge on any atom is -0.389 e. The normalized spacial score (nSPS) is 23.7. The Hall–Kier alpha value is -3.17. The van der Waals surface area contributed by atoms with E-state index in [1.54, 1.807) is 0 Å². The van der Waals surface area contributed by atoms with Crippen molar-refractivity contribution in [1.82, 2.24) is 15.5 Å². The summed E-state index contributed by atoms with van der Waals surface area (Å²) in [6.07, 6.45) is 4.50. The molecule has 3 saturated heterocycles. The molecule has 3 aliphatic heterocycles. The fourth-order valence-corrected chi connectivity index (χ4v) is 8.30. The number of ether oxygens (including phenoxy) is 1. The second-order valence-electron chi connectivity index (χ2n) is 12.1. The molecule has 5 N–H and O–H groups in total. The predicted molar refractivity (Wildman–Crippen MR) is 168 cm³/mol. The maximum absolute atomic E-state index is 13.9. The number of aryl methyl sites for hydroxylation is 1. The lowest BCUT2D eigenvalue weighted by molar-refractivity contribution is -0.125. The number of anilines is 3. The number of hydrogen-bond acceptors (Lipinski definition) is 10. The molecule has 1 aliphatic carbocycles. The first-order valence-corrected chi connectivity index (χ1v) is 16.1. The van der Waals surface area contributed by atoms with Gasteiger partial charge in [-0.1, -0.05) is 0 Å². The smallest absolute Gasteiger partial charge is 0.235 e. The van der Waals surface area contributed by atoms with Crippen LogP contribution < -0.4 is 26.2 Å². The van der Waals surface area contributed by atoms with Gasteiger partial charge in [0.25, 0.3) is 0 Å². The number of amidine groups is 1. The van der Waals surface area contributed by atoms with E-state index in [9.17, 15) is 10.1 Å². The summed E-state index contributed by atoms with van der Waals surface area (Å²) in [4.78, 5) is 22.2. The standard InChI is InChI=1S/C31H42N8O2S/c1-31(6-2-3-26-27(31)25(20-32)29(34)42-26)30(40)36-28(33)21-17-23(19-24(18-21)38-11-7-35-8-12-38)37-9-4-22(5-10-37)39-13-15-41-16-14-39/h17-19,22,35H,2-16,34H2,1H3,(H2,33,36,40). The molecular weight excluding hydrogens is 548 g/mol. The molecule has 1 amide bonds. The van der Waals surface area contributed by atoms with Crippen molar-refractivity contribution in [3.8, 4) is 6.07 Å². The molecule has 6 rings (SSSR count). The maximum Gasteiger partial charge on any atom is 0.235 e. The fourth-order valence-electron chi connectivity index (χ4n) is 7.11. The van der Waals surface area contributed by atoms with E-state index < -0.39 is 5.41 Å². The fraction of sp³-hybridized carbons (Fsp3) is 0.581. The van der Waals surface area contributed by atoms with Crippen LogP contribution in [0.25, 0.3) is 0 Å². The molecule has 224 valence electrons. The van der Waals surface area contributed by atoms with Crippen molar-refractivity contribution >= 4 is 39.5 Å². The monoisotopic (exact) mass is 590 g/mol. The molecule has 1 aromatic carbocycles. The number of nitrogens with zero attached hydrogens (tertiary/aromatic N) is 4. The van der Waals surface area contributed by atoms with Gasteiger partial charge >= 0.3 is 0 Å². The number of nitriles is 1. The average Bonchev–Trinajstić information content (AvgIpc) is 3.38. The number of piperazine rings is 1. The van der Waals surface area contributed by atoms with E-state index in [0.29, 0.717) is 28.6 Å². The number of nitrogen functional groups attached to an aromatic ring is 1. The molecule has 11 heteroatoms. The summed E-state index contributed by atoms with van der Waals surface area (Å²) in [5.74, 6) is -0.153. The van der Waals surface area contributed by atoms with Gasteiger partial charge in [0.15, 0.2) is 0 Å². The lowest BCUT2D eigenvalue weighted by atomic mass is 9.72. The molecule has 4 aliphatic rings. The van der Waals surface area contributed by atoms with Crippen LogP contribution in [0.4, 0.5) is 16.4 Å². The van der Waals surface area contributed by atoms with Crippen molar-refractivity contribution in [3.05, 3.63) is 39.8 Å². The van der Waals surface area contributed by atoms with Gasteiger partial charge in [-0.05, 0) is 57.2 Å². The van der Waals surface area contributed by atoms with Gasteiger partial charge in [0.1, 0.15) is 16.9 Å². The van der Waals surface area contributed by atoms with Crippen LogP contribution in [0.3, 0.4) is 0 Å². The number of hydrogen-bond donors (Lipinski definition) is 4. The minimum absolute atomic E-state index is 0.0940. The highest BCUT2D eigenvalue weighted by Crippen LogP contribution is 2.45. The number of morpholine rings is 1. The van der Waals surface area contributed by atoms with Gasteiger partial charge < -0.3 is 30.9 Å². The van der Waals surface area contributed by atoms with E-state index in [-0.39, 0.29) is 11.7 Å². The van der Waals surface area contributed by atoms with E-state index in [4.69, 9.17) is 15.9 Å². The highest BCUT2D eigenvalue weighted by atomic mass is 32.1. The number of piperidine rings is 1. The number of benzene rings is 1. The van der Waals surface area contributed by atoms with Gasteiger partial charge in [0, 0.05) is 85.8 Å². The highest BCUT2D eigenvalue weighted by molar-refractivity contribution is 7.16. The molecule has 0 spiro atoms. The summed E-state index contributed by atoms with van der Waals surface area (Å²) in [5.41, 5.74) is 9.33. The van der Waals surface area contributed by atoms with Crippen LogP contribution in [-0.2, 0) is 21.4 Å². The Morgan fingerprint density at radius 3 is 2.45 bits per heavy atom. The Bertz CT molecular complexity index is 1370. The molecule has 42 heavy (non-hydrogen) atoms. The SMILES string of the molecule is CC1(C(=O)NC(=N)c2cc(N3CCNCC3)cc(N3CCC(N4CCOCC4)CC3)c2)CCCc2sc(N)c(C#N)c21. The van der Waals surface area contributed by atoms with Crippen LogP contribution >= 0.6 is 11.3 Å². The molecule has 10 nitrogen and oxygen atoms in total. The molecule has 0 bridgehead atoms. The van der Waals surface area contributed by atoms with Gasteiger partial charge in [-0.15, -0.1) is 11.3 Å². The van der Waals surface area contributed by atoms with E-state index in [1.807, 2.05) is 13.0 Å². The van der Waals surface area contributed by atoms with E-state index in [2.05, 4.69) is 43.5 Å². The molecule has 0 radical (unpaired) electrons. The zero-order chi connectivity index (χ0) is 29.3. The number of rotatable bonds is 5. The number of nitrogens with one attached hydrogen (secondary N) is 3. The van der Waals surface area contributed by atoms with E-state index in [1.165, 1.54) is 11.3 Å². The third kappa shape index (κ3) is 5.61. The summed E-state index contributed by atoms with van der Waals surface area (Å²) in [7, 11) is 0. The Kier molecular flexibility index (Phi) is 8.41. The van der Waals surface area contributed by atoms with Crippen molar-refractivity contribution in [3.63, 3.8) is 0 Å². The van der Waals surface area contributed by atoms with Gasteiger partial charge in [0.2, 0.25) is 5.91 Å². The van der Waals surface area contributed by atoms with Crippen molar-refractivity contribution < 1.29 is 9.53 Å². The van der Waals surface area contributed by atoms with Crippen LogP contribution in [0.15, 0.2) is 18.2 Å². The lowest BCUT2D eigenvalue weighted by Gasteiger charge is -2.41. The first-order valence-electron chi connectivity index (χ1n) is 15.3. The number of fused-ring (bicyclic) bond motifs is 1. The third-order valence-corrected chi connectivity index (χ3v) is 10.6. The topological polar surface area (TPSA) is 134 Å². The third-order valence-electron chi connectivity index (χ3n) is 9.56. The van der Waals surface area contributed by atoms with Gasteiger partial charge in [-0.2, -0.15) is 5.26 Å². The van der Waals surface area contributed by atoms with Crippen LogP contribution in [0.2, 0.25) is 0 Å². The Morgan fingerprint density at radius 1 is 1.12 bits per heavy atom. The molecule has 2 aromatic rings. The Balaban J connectivity index is 1.24. The van der Waals surface area contributed by atoms with E-state index >= 15 is 0 Å². The van der Waals surface area contributed by atoms with Crippen molar-refractivity contribution in [1.29, 1.82) is 10.7 Å². The molecule has 3 fully saturated rings. The largest absolute Gasteiger partial charge is 0.389 e. The van der Waals surface area contributed by atoms with Crippen molar-refractivity contribution in [2.24, 2.45) is 0 Å². The van der Waals surface area contributed by atoms with Gasteiger partial charge in [0.05, 0.1) is 24.2 Å². The number of carbonyl (C=O) groups excluding carboxylic acids is 1. The zero-order valence-corrected chi connectivity index (χ0v) is 25.3. The summed E-state index contributed by atoms with van der Waals surface area (Å²) >= 11 is 1.42.